The molecule has 0 aromatic carbocycles. The third kappa shape index (κ3) is 10.9. The number of carboxylic acid groups (broad SMARTS) is 3. The molecule has 9 nitrogen and oxygen atoms in total. The molecule has 0 aromatic rings. The van der Waals surface area contributed by atoms with Gasteiger partial charge in [0.05, 0.1) is 12.8 Å². The summed E-state index contributed by atoms with van der Waals surface area (Å²) in [4.78, 5) is 41.9. The Labute approximate surface area is 175 Å². The molecule has 19 heavy (non-hydrogen) atoms. The number of hydrogen-bond donors (Lipinski definition) is 4. The van der Waals surface area contributed by atoms with Gasteiger partial charge in [-0.25, -0.2) is 9.59 Å². The zero-order chi connectivity index (χ0) is 13.6. The normalized spacial score (nSPS) is 12.1. The first-order valence-corrected chi connectivity index (χ1v) is 4.22. The van der Waals surface area contributed by atoms with Crippen LogP contribution in [0.3, 0.4) is 0 Å². The number of carboxylic acids is 3. The van der Waals surface area contributed by atoms with Gasteiger partial charge in [-0.05, 0) is 0 Å². The number of carbonyl (C=O) groups excluding carboxylic acids is 1. The summed E-state index contributed by atoms with van der Waals surface area (Å²) in [6.45, 7) is -0.998. The van der Waals surface area contributed by atoms with E-state index in [9.17, 15) is 24.3 Å². The van der Waals surface area contributed by atoms with Crippen LogP contribution in [-0.4, -0.2) is 56.5 Å². The zero-order valence-electron chi connectivity index (χ0n) is 12.5. The Hall–Kier alpha value is 0.476. The minimum absolute atomic E-state index is 0. The molecular weight excluding hydrogens is 302 g/mol. The van der Waals surface area contributed by atoms with Crippen LogP contribution in [0.5, 0.6) is 0 Å². The van der Waals surface area contributed by atoms with Gasteiger partial charge in [0, 0.05) is 0 Å². The molecule has 0 fully saturated rings. The van der Waals surface area contributed by atoms with E-state index in [4.69, 9.17) is 15.3 Å². The first-order valence-electron chi connectivity index (χ1n) is 4.22. The molecule has 0 saturated carbocycles. The number of carbonyl (C=O) groups is 4. The molecule has 0 aromatic heterocycles. The molecule has 1 atom stereocenters. The molecule has 0 radical (unpaired) electrons. The van der Waals surface area contributed by atoms with Crippen molar-refractivity contribution in [3.63, 3.8) is 0 Å². The van der Waals surface area contributed by atoms with Crippen molar-refractivity contribution in [2.24, 2.45) is 0 Å². The van der Waals surface area contributed by atoms with E-state index in [0.717, 1.165) is 0 Å². The van der Waals surface area contributed by atoms with Crippen molar-refractivity contribution in [3.8, 4) is 0 Å². The summed E-state index contributed by atoms with van der Waals surface area (Å²) in [7, 11) is 0. The van der Waals surface area contributed by atoms with Crippen molar-refractivity contribution in [1.82, 2.24) is 0 Å². The fourth-order valence-corrected chi connectivity index (χ4v) is 0.896. The van der Waals surface area contributed by atoms with Gasteiger partial charge < -0.3 is 28.0 Å². The molecule has 0 amide bonds. The van der Waals surface area contributed by atoms with Crippen molar-refractivity contribution in [2.45, 2.75) is 18.4 Å². The Bertz CT molecular complexity index is 368. The van der Waals surface area contributed by atoms with Crippen LogP contribution >= 0.6 is 0 Å². The third-order valence-corrected chi connectivity index (χ3v) is 1.64. The van der Waals surface area contributed by atoms with Crippen LogP contribution in [0.15, 0.2) is 0 Å². The van der Waals surface area contributed by atoms with Gasteiger partial charge in [-0.3, -0.25) is 9.59 Å². The largest absolute Gasteiger partial charge is 1.00 e. The minimum atomic E-state index is -2.82. The standard InChI is InChI=1S/C8H10O9.K.Na.2H/c9-4(10)1-8(16,7(14)15)2-6(13)17-3-5(11)12;;;;/h16H,1-3H2,(H,9,10)(H,11,12)(H,14,15);;;;/q;2*+1;2*-1. The minimum Gasteiger partial charge on any atom is -1.00 e. The third-order valence-electron chi connectivity index (χ3n) is 1.64. The van der Waals surface area contributed by atoms with Crippen molar-refractivity contribution < 1.29 is 128 Å². The van der Waals surface area contributed by atoms with E-state index in [1.165, 1.54) is 0 Å². The average molecular weight is 314 g/mol. The molecule has 0 aliphatic heterocycles. The smallest absolute Gasteiger partial charge is 1.00 e. The molecular formula is C8H12KNaO9. The quantitative estimate of drug-likeness (QED) is 0.264. The second-order valence-corrected chi connectivity index (χ2v) is 3.14. The van der Waals surface area contributed by atoms with Crippen LogP contribution in [0.2, 0.25) is 0 Å². The second kappa shape index (κ2) is 11.2. The van der Waals surface area contributed by atoms with Crippen molar-refractivity contribution in [1.29, 1.82) is 0 Å². The number of ether oxygens (including phenoxy) is 1. The average Bonchev–Trinajstić information content (AvgIpc) is 2.12. The first kappa shape index (κ1) is 24.5. The van der Waals surface area contributed by atoms with Crippen LogP contribution in [0, 0.1) is 0 Å². The molecule has 100 valence electrons. The molecule has 0 bridgehead atoms. The van der Waals surface area contributed by atoms with Gasteiger partial charge in [0.2, 0.25) is 0 Å². The Morgan fingerprint density at radius 2 is 1.47 bits per heavy atom. The predicted octanol–water partition coefficient (Wildman–Crippen LogP) is -7.47. The second-order valence-electron chi connectivity index (χ2n) is 3.14. The van der Waals surface area contributed by atoms with E-state index in [-0.39, 0.29) is 83.8 Å². The van der Waals surface area contributed by atoms with Crippen molar-refractivity contribution >= 4 is 23.9 Å². The van der Waals surface area contributed by atoms with Gasteiger partial charge in [0.1, 0.15) is 0 Å². The molecule has 1 unspecified atom stereocenters. The number of aliphatic hydroxyl groups is 1. The predicted molar refractivity (Wildman–Crippen MR) is 50.3 cm³/mol. The molecule has 11 heteroatoms. The Morgan fingerprint density at radius 1 is 1.00 bits per heavy atom. The summed E-state index contributed by atoms with van der Waals surface area (Å²) in [6, 6.07) is 0. The molecule has 0 aliphatic carbocycles. The van der Waals surface area contributed by atoms with Crippen LogP contribution < -0.4 is 80.9 Å². The summed E-state index contributed by atoms with van der Waals surface area (Å²) in [5, 5.41) is 34.5. The van der Waals surface area contributed by atoms with Crippen LogP contribution in [0.25, 0.3) is 0 Å². The van der Waals surface area contributed by atoms with Crippen LogP contribution in [0.4, 0.5) is 0 Å². The van der Waals surface area contributed by atoms with Gasteiger partial charge in [-0.2, -0.15) is 0 Å². The van der Waals surface area contributed by atoms with Crippen molar-refractivity contribution in [3.05, 3.63) is 0 Å². The topological polar surface area (TPSA) is 158 Å². The SMILES string of the molecule is O=C(O)COC(=O)CC(O)(CC(=O)O)C(=O)O.[H-].[H-].[K+].[Na+]. The fraction of sp³-hybridized carbons (Fsp3) is 0.500. The number of hydrogen-bond acceptors (Lipinski definition) is 6. The number of aliphatic carboxylic acids is 3. The number of rotatable bonds is 7. The molecule has 0 aliphatic rings. The summed E-state index contributed by atoms with van der Waals surface area (Å²) in [5.41, 5.74) is -2.82. The molecule has 0 heterocycles. The van der Waals surface area contributed by atoms with Crippen LogP contribution in [-0.2, 0) is 23.9 Å². The van der Waals surface area contributed by atoms with Crippen LogP contribution in [0.1, 0.15) is 15.7 Å². The maximum absolute atomic E-state index is 10.9. The molecule has 4 N–H and O–H groups in total. The Balaban J connectivity index is -0.000000213. The fourth-order valence-electron chi connectivity index (χ4n) is 0.896. The van der Waals surface area contributed by atoms with Gasteiger partial charge in [-0.1, -0.05) is 0 Å². The van der Waals surface area contributed by atoms with E-state index < -0.39 is 48.9 Å². The van der Waals surface area contributed by atoms with Gasteiger partial charge >= 0.3 is 105 Å². The van der Waals surface area contributed by atoms with Gasteiger partial charge in [-0.15, -0.1) is 0 Å². The zero-order valence-corrected chi connectivity index (χ0v) is 15.6. The van der Waals surface area contributed by atoms with E-state index in [0.29, 0.717) is 0 Å². The summed E-state index contributed by atoms with van der Waals surface area (Å²) in [6.07, 6.45) is -2.35. The maximum atomic E-state index is 10.9. The van der Waals surface area contributed by atoms with E-state index in [1.807, 2.05) is 0 Å². The molecule has 0 rings (SSSR count). The molecule has 0 spiro atoms. The Morgan fingerprint density at radius 3 is 1.79 bits per heavy atom. The maximum Gasteiger partial charge on any atom is 1.00 e. The summed E-state index contributed by atoms with van der Waals surface area (Å²) >= 11 is 0. The molecule has 0 saturated heterocycles. The van der Waals surface area contributed by atoms with Gasteiger partial charge in [0.15, 0.2) is 12.2 Å². The van der Waals surface area contributed by atoms with E-state index >= 15 is 0 Å². The summed E-state index contributed by atoms with van der Waals surface area (Å²) < 4.78 is 4.08. The monoisotopic (exact) mass is 314 g/mol. The van der Waals surface area contributed by atoms with Gasteiger partial charge in [0.25, 0.3) is 0 Å². The van der Waals surface area contributed by atoms with E-state index in [2.05, 4.69) is 4.74 Å². The van der Waals surface area contributed by atoms with Crippen molar-refractivity contribution in [2.75, 3.05) is 6.61 Å². The summed E-state index contributed by atoms with van der Waals surface area (Å²) in [5.74, 6) is -6.32. The first-order chi connectivity index (χ1) is 7.67. The van der Waals surface area contributed by atoms with E-state index in [1.54, 1.807) is 0 Å². The number of esters is 1. The Kier molecular flexibility index (Phi) is 14.4.